The van der Waals surface area contributed by atoms with Crippen molar-refractivity contribution in [2.24, 2.45) is 20.4 Å². The molecule has 0 N–H and O–H groups in total. The molecule has 0 aromatic heterocycles. The second kappa shape index (κ2) is 12.6. The van der Waals surface area contributed by atoms with Crippen LogP contribution in [0.2, 0.25) is 0 Å². The van der Waals surface area contributed by atoms with Crippen LogP contribution >= 0.6 is 0 Å². The molecule has 0 unspecified atom stereocenters. The maximum Gasteiger partial charge on any atom is 0.366 e. The summed E-state index contributed by atoms with van der Waals surface area (Å²) >= 11 is 0. The van der Waals surface area contributed by atoms with Crippen LogP contribution in [0.5, 0.6) is 0 Å². The van der Waals surface area contributed by atoms with Crippen LogP contribution in [0, 0.1) is 0 Å². The first kappa shape index (κ1) is 26.2. The minimum Gasteiger partial charge on any atom is -0.464 e. The van der Waals surface area contributed by atoms with Crippen molar-refractivity contribution >= 4 is 47.0 Å². The van der Waals surface area contributed by atoms with Gasteiger partial charge in [0.05, 0.1) is 28.4 Å². The molecule has 0 radical (unpaired) electrons. The first-order chi connectivity index (χ1) is 14.0. The molecule has 30 heavy (non-hydrogen) atoms. The number of methoxy groups -OCH3 is 4. The Balaban J connectivity index is 6.57. The van der Waals surface area contributed by atoms with E-state index in [0.29, 0.717) is 0 Å². The molecular weight excluding hydrogens is 404 g/mol. The van der Waals surface area contributed by atoms with Gasteiger partial charge >= 0.3 is 23.9 Å². The van der Waals surface area contributed by atoms with Crippen LogP contribution in [-0.2, 0) is 38.1 Å². The Labute approximate surface area is 172 Å². The van der Waals surface area contributed by atoms with Crippen LogP contribution in [0.4, 0.5) is 0 Å². The molecule has 0 rings (SSSR count). The number of likely N-dealkylation sites (N-methyl/N-ethyl adjacent to an activating group) is 2. The molecule has 0 fully saturated rings. The van der Waals surface area contributed by atoms with Crippen LogP contribution in [0.1, 0.15) is 0 Å². The van der Waals surface area contributed by atoms with Gasteiger partial charge in [0.1, 0.15) is 0 Å². The highest BCUT2D eigenvalue weighted by Crippen LogP contribution is 1.99. The van der Waals surface area contributed by atoms with E-state index < -0.39 is 35.3 Å². The van der Waals surface area contributed by atoms with E-state index in [4.69, 9.17) is 0 Å². The zero-order valence-corrected chi connectivity index (χ0v) is 17.9. The summed E-state index contributed by atoms with van der Waals surface area (Å²) in [6.07, 6.45) is 0. The molecule has 0 aromatic rings. The number of carbonyl (C=O) groups excluding carboxylic acids is 4. The molecule has 0 aliphatic rings. The Bertz CT molecular complexity index is 696. The Morgan fingerprint density at radius 2 is 0.733 bits per heavy atom. The number of rotatable bonds is 6. The Kier molecular flexibility index (Phi) is 11.0. The molecule has 0 amide bonds. The maximum atomic E-state index is 11.7. The predicted octanol–water partition coefficient (Wildman–Crippen LogP) is -1.69. The SMILES string of the molecule is COC(=O)C(=N/N=C(\C(=N/N=C(C(=O)OC)C(=O)OC)N(C)C)N(C)C)C(=O)OC. The number of amidine groups is 2. The van der Waals surface area contributed by atoms with Gasteiger partial charge in [-0.2, -0.15) is 0 Å². The average molecular weight is 428 g/mol. The smallest absolute Gasteiger partial charge is 0.366 e. The fraction of sp³-hybridized carbons (Fsp3) is 0.500. The average Bonchev–Trinajstić information content (AvgIpc) is 2.72. The summed E-state index contributed by atoms with van der Waals surface area (Å²) in [4.78, 5) is 49.8. The van der Waals surface area contributed by atoms with E-state index in [-0.39, 0.29) is 11.7 Å². The molecule has 0 saturated carbocycles. The summed E-state index contributed by atoms with van der Waals surface area (Å²) in [5.41, 5.74) is -1.43. The largest absolute Gasteiger partial charge is 0.464 e. The van der Waals surface area contributed by atoms with Crippen molar-refractivity contribution in [3.05, 3.63) is 0 Å². The monoisotopic (exact) mass is 428 g/mol. The normalized spacial score (nSPS) is 10.9. The fourth-order valence-corrected chi connectivity index (χ4v) is 1.58. The minimum absolute atomic E-state index is 0.00291. The lowest BCUT2D eigenvalue weighted by molar-refractivity contribution is -0.139. The molecule has 0 heterocycles. The van der Waals surface area contributed by atoms with Crippen molar-refractivity contribution in [2.45, 2.75) is 0 Å². The first-order valence-corrected chi connectivity index (χ1v) is 8.05. The summed E-state index contributed by atoms with van der Waals surface area (Å²) in [6.45, 7) is 0. The molecule has 166 valence electrons. The standard InChI is InChI=1S/C16H24N6O8/c1-21(2)11(19-17-9(13(23)27-5)14(24)28-6)12(22(3)4)20-18-10(15(25)29-7)16(26)30-8/h1-8H3/b19-11+,20-12+. The van der Waals surface area contributed by atoms with Gasteiger partial charge in [0.25, 0.3) is 11.4 Å². The zero-order chi connectivity index (χ0) is 23.4. The van der Waals surface area contributed by atoms with E-state index >= 15 is 0 Å². The number of nitrogens with zero attached hydrogens (tertiary/aromatic N) is 6. The van der Waals surface area contributed by atoms with Gasteiger partial charge in [-0.25, -0.2) is 19.2 Å². The van der Waals surface area contributed by atoms with Crippen LogP contribution in [0.25, 0.3) is 0 Å². The van der Waals surface area contributed by atoms with Crippen molar-refractivity contribution in [3.8, 4) is 0 Å². The van der Waals surface area contributed by atoms with Crippen LogP contribution in [0.15, 0.2) is 20.4 Å². The van der Waals surface area contributed by atoms with E-state index in [2.05, 4.69) is 39.4 Å². The van der Waals surface area contributed by atoms with E-state index in [1.807, 2.05) is 0 Å². The predicted molar refractivity (Wildman–Crippen MR) is 105 cm³/mol. The lowest BCUT2D eigenvalue weighted by Crippen LogP contribution is -2.39. The molecule has 0 aliphatic heterocycles. The third-order valence-corrected chi connectivity index (χ3v) is 3.05. The van der Waals surface area contributed by atoms with Crippen LogP contribution in [-0.4, -0.2) is 113 Å². The highest BCUT2D eigenvalue weighted by Gasteiger charge is 2.25. The fourth-order valence-electron chi connectivity index (χ4n) is 1.58. The molecule has 0 atom stereocenters. The van der Waals surface area contributed by atoms with Gasteiger partial charge in [-0.05, 0) is 0 Å². The van der Waals surface area contributed by atoms with Crippen molar-refractivity contribution in [1.82, 2.24) is 9.80 Å². The first-order valence-electron chi connectivity index (χ1n) is 8.05. The summed E-state index contributed by atoms with van der Waals surface area (Å²) in [6, 6.07) is 0. The molecule has 0 bridgehead atoms. The van der Waals surface area contributed by atoms with Gasteiger partial charge in [-0.3, -0.25) is 0 Å². The van der Waals surface area contributed by atoms with E-state index in [1.165, 1.54) is 9.80 Å². The molecule has 0 saturated heterocycles. The van der Waals surface area contributed by atoms with E-state index in [0.717, 1.165) is 28.4 Å². The Morgan fingerprint density at radius 3 is 0.900 bits per heavy atom. The molecule has 14 heteroatoms. The van der Waals surface area contributed by atoms with Gasteiger partial charge < -0.3 is 28.7 Å². The zero-order valence-electron chi connectivity index (χ0n) is 17.9. The minimum atomic E-state index is -1.07. The van der Waals surface area contributed by atoms with Crippen molar-refractivity contribution in [3.63, 3.8) is 0 Å². The second-order valence-corrected chi connectivity index (χ2v) is 5.50. The highest BCUT2D eigenvalue weighted by atomic mass is 16.5. The van der Waals surface area contributed by atoms with Crippen LogP contribution < -0.4 is 0 Å². The summed E-state index contributed by atoms with van der Waals surface area (Å²) in [7, 11) is 10.5. The molecule has 14 nitrogen and oxygen atoms in total. The van der Waals surface area contributed by atoms with Gasteiger partial charge in [-0.1, -0.05) is 0 Å². The quantitative estimate of drug-likeness (QED) is 0.119. The number of ether oxygens (including phenoxy) is 4. The summed E-state index contributed by atoms with van der Waals surface area (Å²) in [5.74, 6) is -4.26. The Morgan fingerprint density at radius 1 is 0.500 bits per heavy atom. The molecular formula is C16H24N6O8. The van der Waals surface area contributed by atoms with E-state index in [1.54, 1.807) is 28.2 Å². The molecule has 0 aromatic carbocycles. The lowest BCUT2D eigenvalue weighted by Gasteiger charge is -2.20. The van der Waals surface area contributed by atoms with Crippen molar-refractivity contribution in [1.29, 1.82) is 0 Å². The topological polar surface area (TPSA) is 161 Å². The lowest BCUT2D eigenvalue weighted by atomic mass is 10.4. The Hall–Kier alpha value is -3.84. The molecule has 0 aliphatic carbocycles. The maximum absolute atomic E-state index is 11.7. The third-order valence-electron chi connectivity index (χ3n) is 3.05. The third kappa shape index (κ3) is 7.29. The van der Waals surface area contributed by atoms with Gasteiger partial charge in [0, 0.05) is 28.2 Å². The van der Waals surface area contributed by atoms with Crippen molar-refractivity contribution in [2.75, 3.05) is 56.6 Å². The number of esters is 4. The van der Waals surface area contributed by atoms with E-state index in [9.17, 15) is 19.2 Å². The second-order valence-electron chi connectivity index (χ2n) is 5.50. The summed E-state index contributed by atoms with van der Waals surface area (Å²) < 4.78 is 17.9. The van der Waals surface area contributed by atoms with Gasteiger partial charge in [-0.15, -0.1) is 20.4 Å². The number of hydrogen-bond donors (Lipinski definition) is 0. The number of hydrogen-bond acceptors (Lipinski definition) is 12. The highest BCUT2D eigenvalue weighted by molar-refractivity contribution is 6.63. The van der Waals surface area contributed by atoms with Gasteiger partial charge in [0.2, 0.25) is 0 Å². The van der Waals surface area contributed by atoms with Gasteiger partial charge in [0.15, 0.2) is 11.7 Å². The summed E-state index contributed by atoms with van der Waals surface area (Å²) in [5, 5.41) is 14.9. The number of carbonyl (C=O) groups is 4. The van der Waals surface area contributed by atoms with Crippen molar-refractivity contribution < 1.29 is 38.1 Å². The molecule has 0 spiro atoms. The van der Waals surface area contributed by atoms with Crippen LogP contribution in [0.3, 0.4) is 0 Å².